The second-order valence-corrected chi connectivity index (χ2v) is 4.82. The van der Waals surface area contributed by atoms with E-state index in [0.29, 0.717) is 24.6 Å². The predicted octanol–water partition coefficient (Wildman–Crippen LogP) is 2.10. The Morgan fingerprint density at radius 2 is 2.44 bits per heavy atom. The SMILES string of the molecule is CCOC(=O)c1ncc(CNC(CC)CC#N)s1. The van der Waals surface area contributed by atoms with Crippen LogP contribution in [0.2, 0.25) is 0 Å². The molecule has 6 heteroatoms. The third-order valence-corrected chi connectivity index (χ3v) is 3.38. The first-order valence-corrected chi connectivity index (χ1v) is 6.75. The van der Waals surface area contributed by atoms with Gasteiger partial charge in [0.15, 0.2) is 0 Å². The normalized spacial score (nSPS) is 11.8. The molecule has 0 saturated carbocycles. The highest BCUT2D eigenvalue weighted by Gasteiger charge is 2.12. The van der Waals surface area contributed by atoms with Crippen molar-refractivity contribution in [3.63, 3.8) is 0 Å². The van der Waals surface area contributed by atoms with Crippen LogP contribution in [0.15, 0.2) is 6.20 Å². The molecule has 0 bridgehead atoms. The van der Waals surface area contributed by atoms with E-state index in [0.717, 1.165) is 11.3 Å². The van der Waals surface area contributed by atoms with E-state index in [2.05, 4.69) is 16.4 Å². The summed E-state index contributed by atoms with van der Waals surface area (Å²) in [5.41, 5.74) is 0. The lowest BCUT2D eigenvalue weighted by atomic mass is 10.2. The van der Waals surface area contributed by atoms with Gasteiger partial charge in [0.05, 0.1) is 19.1 Å². The quantitative estimate of drug-likeness (QED) is 0.766. The van der Waals surface area contributed by atoms with Crippen LogP contribution in [0.4, 0.5) is 0 Å². The van der Waals surface area contributed by atoms with Crippen molar-refractivity contribution in [3.05, 3.63) is 16.1 Å². The molecule has 1 unspecified atom stereocenters. The van der Waals surface area contributed by atoms with Crippen LogP contribution in [0.1, 0.15) is 41.4 Å². The van der Waals surface area contributed by atoms with Crippen molar-refractivity contribution in [2.45, 2.75) is 39.3 Å². The minimum atomic E-state index is -0.377. The molecule has 0 aromatic carbocycles. The lowest BCUT2D eigenvalue weighted by Crippen LogP contribution is -2.26. The Hall–Kier alpha value is -1.45. The molecule has 1 rings (SSSR count). The summed E-state index contributed by atoms with van der Waals surface area (Å²) in [6, 6.07) is 2.33. The van der Waals surface area contributed by atoms with Gasteiger partial charge in [-0.25, -0.2) is 9.78 Å². The second kappa shape index (κ2) is 7.80. The summed E-state index contributed by atoms with van der Waals surface area (Å²) in [5, 5.41) is 12.3. The summed E-state index contributed by atoms with van der Waals surface area (Å²) in [7, 11) is 0. The van der Waals surface area contributed by atoms with Crippen LogP contribution in [0.5, 0.6) is 0 Å². The number of rotatable bonds is 7. The lowest BCUT2D eigenvalue weighted by molar-refractivity contribution is 0.0526. The van der Waals surface area contributed by atoms with E-state index in [1.807, 2.05) is 6.92 Å². The standard InChI is InChI=1S/C12H17N3O2S/c1-3-9(5-6-13)14-7-10-8-15-11(18-10)12(16)17-4-2/h8-9,14H,3-5,7H2,1-2H3. The van der Waals surface area contributed by atoms with E-state index in [1.54, 1.807) is 13.1 Å². The number of hydrogen-bond donors (Lipinski definition) is 1. The zero-order valence-electron chi connectivity index (χ0n) is 10.6. The highest BCUT2D eigenvalue weighted by molar-refractivity contribution is 7.13. The Bertz CT molecular complexity index is 425. The fourth-order valence-electron chi connectivity index (χ4n) is 1.39. The number of ether oxygens (including phenoxy) is 1. The highest BCUT2D eigenvalue weighted by Crippen LogP contribution is 2.14. The van der Waals surface area contributed by atoms with Gasteiger partial charge >= 0.3 is 5.97 Å². The minimum Gasteiger partial charge on any atom is -0.461 e. The monoisotopic (exact) mass is 267 g/mol. The maximum absolute atomic E-state index is 11.4. The molecule has 0 aliphatic carbocycles. The number of esters is 1. The van der Waals surface area contributed by atoms with Crippen LogP contribution in [-0.4, -0.2) is 23.6 Å². The van der Waals surface area contributed by atoms with E-state index < -0.39 is 0 Å². The molecular weight excluding hydrogens is 250 g/mol. The van der Waals surface area contributed by atoms with Crippen LogP contribution in [-0.2, 0) is 11.3 Å². The zero-order valence-corrected chi connectivity index (χ0v) is 11.4. The fourth-order valence-corrected chi connectivity index (χ4v) is 2.15. The molecule has 0 radical (unpaired) electrons. The van der Waals surface area contributed by atoms with Crippen LogP contribution < -0.4 is 5.32 Å². The van der Waals surface area contributed by atoms with E-state index in [1.165, 1.54) is 11.3 Å². The molecule has 18 heavy (non-hydrogen) atoms. The second-order valence-electron chi connectivity index (χ2n) is 3.70. The third kappa shape index (κ3) is 4.43. The molecule has 5 nitrogen and oxygen atoms in total. The summed E-state index contributed by atoms with van der Waals surface area (Å²) in [6.45, 7) is 4.77. The smallest absolute Gasteiger partial charge is 0.367 e. The molecule has 1 aromatic rings. The zero-order chi connectivity index (χ0) is 13.4. The van der Waals surface area contributed by atoms with Gasteiger partial charge in [-0.2, -0.15) is 5.26 Å². The number of nitrogens with one attached hydrogen (secondary N) is 1. The summed E-state index contributed by atoms with van der Waals surface area (Å²) in [6.07, 6.45) is 3.06. The van der Waals surface area contributed by atoms with E-state index in [4.69, 9.17) is 10.00 Å². The molecular formula is C12H17N3O2S. The van der Waals surface area contributed by atoms with E-state index in [9.17, 15) is 4.79 Å². The molecule has 0 aliphatic heterocycles. The first kappa shape index (κ1) is 14.6. The molecule has 0 fully saturated rings. The Morgan fingerprint density at radius 3 is 3.06 bits per heavy atom. The van der Waals surface area contributed by atoms with Crippen molar-refractivity contribution >= 4 is 17.3 Å². The van der Waals surface area contributed by atoms with Gasteiger partial charge in [-0.15, -0.1) is 11.3 Å². The topological polar surface area (TPSA) is 75.0 Å². The first-order valence-electron chi connectivity index (χ1n) is 5.93. The maximum atomic E-state index is 11.4. The van der Waals surface area contributed by atoms with Crippen molar-refractivity contribution in [3.8, 4) is 6.07 Å². The Morgan fingerprint density at radius 1 is 1.67 bits per heavy atom. The minimum absolute atomic E-state index is 0.183. The number of thiazole rings is 1. The van der Waals surface area contributed by atoms with Crippen molar-refractivity contribution in [1.82, 2.24) is 10.3 Å². The first-order chi connectivity index (χ1) is 8.71. The molecule has 0 aliphatic rings. The average Bonchev–Trinajstić information content (AvgIpc) is 2.83. The number of nitriles is 1. The average molecular weight is 267 g/mol. The summed E-state index contributed by atoms with van der Waals surface area (Å²) >= 11 is 1.32. The van der Waals surface area contributed by atoms with Crippen LogP contribution in [0.3, 0.4) is 0 Å². The van der Waals surface area contributed by atoms with Crippen molar-refractivity contribution in [2.24, 2.45) is 0 Å². The molecule has 1 atom stereocenters. The number of nitrogens with zero attached hydrogens (tertiary/aromatic N) is 2. The van der Waals surface area contributed by atoms with Gasteiger partial charge in [-0.05, 0) is 13.3 Å². The van der Waals surface area contributed by atoms with Gasteiger partial charge in [0.25, 0.3) is 0 Å². The van der Waals surface area contributed by atoms with Gasteiger partial charge in [0.2, 0.25) is 5.01 Å². The highest BCUT2D eigenvalue weighted by atomic mass is 32.1. The fraction of sp³-hybridized carbons (Fsp3) is 0.583. The van der Waals surface area contributed by atoms with Gasteiger partial charge in [-0.3, -0.25) is 0 Å². The number of carbonyl (C=O) groups excluding carboxylic acids is 1. The number of hydrogen-bond acceptors (Lipinski definition) is 6. The van der Waals surface area contributed by atoms with Gasteiger partial charge < -0.3 is 10.1 Å². The molecule has 0 spiro atoms. The number of aromatic nitrogens is 1. The summed E-state index contributed by atoms with van der Waals surface area (Å²) in [5.74, 6) is -0.377. The van der Waals surface area contributed by atoms with Gasteiger partial charge in [0, 0.05) is 23.7 Å². The molecule has 1 aromatic heterocycles. The van der Waals surface area contributed by atoms with E-state index in [-0.39, 0.29) is 12.0 Å². The van der Waals surface area contributed by atoms with Crippen LogP contribution >= 0.6 is 11.3 Å². The Labute approximate surface area is 111 Å². The summed E-state index contributed by atoms with van der Waals surface area (Å²) < 4.78 is 4.87. The van der Waals surface area contributed by atoms with Gasteiger partial charge in [0.1, 0.15) is 0 Å². The van der Waals surface area contributed by atoms with Crippen LogP contribution in [0, 0.1) is 11.3 Å². The van der Waals surface area contributed by atoms with Crippen molar-refractivity contribution in [2.75, 3.05) is 6.61 Å². The summed E-state index contributed by atoms with van der Waals surface area (Å²) in [4.78, 5) is 16.4. The molecule has 1 heterocycles. The largest absolute Gasteiger partial charge is 0.461 e. The van der Waals surface area contributed by atoms with Crippen molar-refractivity contribution in [1.29, 1.82) is 5.26 Å². The molecule has 98 valence electrons. The van der Waals surface area contributed by atoms with Crippen molar-refractivity contribution < 1.29 is 9.53 Å². The maximum Gasteiger partial charge on any atom is 0.367 e. The lowest BCUT2D eigenvalue weighted by Gasteiger charge is -2.11. The van der Waals surface area contributed by atoms with Gasteiger partial charge in [-0.1, -0.05) is 6.92 Å². The molecule has 1 N–H and O–H groups in total. The Balaban J connectivity index is 2.49. The molecule has 0 amide bonds. The third-order valence-electron chi connectivity index (χ3n) is 2.40. The molecule has 0 saturated heterocycles. The van der Waals surface area contributed by atoms with Crippen LogP contribution in [0.25, 0.3) is 0 Å². The number of carbonyl (C=O) groups is 1. The predicted molar refractivity (Wildman–Crippen MR) is 69.2 cm³/mol. The Kier molecular flexibility index (Phi) is 6.33. The van der Waals surface area contributed by atoms with E-state index >= 15 is 0 Å².